The first-order chi connectivity index (χ1) is 3.66. The van der Waals surface area contributed by atoms with Gasteiger partial charge in [-0.25, -0.2) is 4.79 Å². The molecule has 2 N–H and O–H groups in total. The van der Waals surface area contributed by atoms with Gasteiger partial charge in [-0.3, -0.25) is 4.79 Å². The summed E-state index contributed by atoms with van der Waals surface area (Å²) in [5.74, 6) is 0. The van der Waals surface area contributed by atoms with Crippen molar-refractivity contribution in [2.45, 2.75) is 0 Å². The van der Waals surface area contributed by atoms with E-state index in [4.69, 9.17) is 0 Å². The maximum atomic E-state index is 9.77. The summed E-state index contributed by atoms with van der Waals surface area (Å²) in [5, 5.41) is 0.669. The van der Waals surface area contributed by atoms with Gasteiger partial charge in [-0.1, -0.05) is 0 Å². The molecule has 0 saturated carbocycles. The zero-order chi connectivity index (χ0) is 6.57. The van der Waals surface area contributed by atoms with Gasteiger partial charge in [0.1, 0.15) is 0 Å². The number of hydrogen-bond donors (Lipinski definition) is 1. The van der Waals surface area contributed by atoms with E-state index >= 15 is 0 Å². The lowest BCUT2D eigenvalue weighted by atomic mass is 11.1. The van der Waals surface area contributed by atoms with Crippen LogP contribution in [0, 0.1) is 0 Å². The first-order valence-corrected chi connectivity index (χ1v) is 1.82. The van der Waals surface area contributed by atoms with Gasteiger partial charge in [-0.2, -0.15) is 5.06 Å². The molecule has 0 radical (unpaired) electrons. The molecule has 0 aliphatic heterocycles. The fourth-order valence-electron chi connectivity index (χ4n) is 0.163. The molecule has 5 heteroatoms. The number of carbonyl (C=O) groups is 2. The SMILES string of the molecule is CN(C=O)OC(N)=O. The highest BCUT2D eigenvalue weighted by Gasteiger charge is 1.95. The van der Waals surface area contributed by atoms with Gasteiger partial charge < -0.3 is 10.6 Å². The van der Waals surface area contributed by atoms with Crippen molar-refractivity contribution < 1.29 is 14.4 Å². The van der Waals surface area contributed by atoms with Crippen LogP contribution >= 0.6 is 0 Å². The average Bonchev–Trinajstić information content (AvgIpc) is 1.65. The predicted octanol–water partition coefficient (Wildman–Crippen LogP) is -0.915. The second-order valence-electron chi connectivity index (χ2n) is 1.06. The van der Waals surface area contributed by atoms with Gasteiger partial charge in [0.15, 0.2) is 0 Å². The fraction of sp³-hybridized carbons (Fsp3) is 0.333. The first-order valence-electron chi connectivity index (χ1n) is 1.82. The molecule has 46 valence electrons. The molecule has 0 unspecified atom stereocenters. The molecule has 0 aromatic rings. The van der Waals surface area contributed by atoms with E-state index in [0.29, 0.717) is 11.5 Å². The third-order valence-corrected chi connectivity index (χ3v) is 0.382. The van der Waals surface area contributed by atoms with Gasteiger partial charge >= 0.3 is 6.09 Å². The van der Waals surface area contributed by atoms with Crippen molar-refractivity contribution in [3.63, 3.8) is 0 Å². The van der Waals surface area contributed by atoms with Crippen LogP contribution in [-0.2, 0) is 9.63 Å². The van der Waals surface area contributed by atoms with Crippen LogP contribution in [0.4, 0.5) is 4.79 Å². The highest BCUT2D eigenvalue weighted by atomic mass is 16.7. The van der Waals surface area contributed by atoms with Crippen LogP contribution < -0.4 is 5.73 Å². The minimum atomic E-state index is -1.00. The van der Waals surface area contributed by atoms with Gasteiger partial charge in [0.05, 0.1) is 0 Å². The van der Waals surface area contributed by atoms with Crippen LogP contribution in [0.2, 0.25) is 0 Å². The summed E-state index contributed by atoms with van der Waals surface area (Å²) in [6.45, 7) is 0. The van der Waals surface area contributed by atoms with Gasteiger partial charge in [-0.15, -0.1) is 0 Å². The molecule has 0 rings (SSSR count). The largest absolute Gasteiger partial charge is 0.429 e. The minimum Gasteiger partial charge on any atom is -0.333 e. The van der Waals surface area contributed by atoms with E-state index in [9.17, 15) is 9.59 Å². The summed E-state index contributed by atoms with van der Waals surface area (Å²) in [6.07, 6.45) is -0.676. The lowest BCUT2D eigenvalue weighted by Gasteiger charge is -2.05. The summed E-state index contributed by atoms with van der Waals surface area (Å²) in [5.41, 5.74) is 4.51. The minimum absolute atomic E-state index is 0.324. The topological polar surface area (TPSA) is 72.6 Å². The van der Waals surface area contributed by atoms with E-state index in [2.05, 4.69) is 10.6 Å². The van der Waals surface area contributed by atoms with Gasteiger partial charge in [0.2, 0.25) is 6.41 Å². The standard InChI is InChI=1S/C3H6N2O3/c1-5(2-6)8-3(4)7/h2H,1H3,(H2,4,7). The van der Waals surface area contributed by atoms with Crippen molar-refractivity contribution in [3.8, 4) is 0 Å². The van der Waals surface area contributed by atoms with Crippen LogP contribution in [-0.4, -0.2) is 24.6 Å². The Morgan fingerprint density at radius 2 is 2.38 bits per heavy atom. The highest BCUT2D eigenvalue weighted by Crippen LogP contribution is 1.75. The number of amides is 2. The summed E-state index contributed by atoms with van der Waals surface area (Å²) in [7, 11) is 1.26. The maximum Gasteiger partial charge on any atom is 0.429 e. The van der Waals surface area contributed by atoms with Crippen LogP contribution in [0.25, 0.3) is 0 Å². The van der Waals surface area contributed by atoms with Crippen LogP contribution in [0.15, 0.2) is 0 Å². The van der Waals surface area contributed by atoms with E-state index < -0.39 is 6.09 Å². The normalized spacial score (nSPS) is 7.62. The third kappa shape index (κ3) is 2.95. The average molecular weight is 118 g/mol. The molecular weight excluding hydrogens is 112 g/mol. The van der Waals surface area contributed by atoms with Crippen molar-refractivity contribution >= 4 is 12.5 Å². The number of primary amides is 1. The highest BCUT2D eigenvalue weighted by molar-refractivity contribution is 5.65. The molecule has 2 amide bonds. The molecule has 0 atom stereocenters. The second-order valence-corrected chi connectivity index (χ2v) is 1.06. The lowest BCUT2D eigenvalue weighted by Crippen LogP contribution is -2.25. The Morgan fingerprint density at radius 3 is 2.50 bits per heavy atom. The molecular formula is C3H6N2O3. The number of nitrogens with two attached hydrogens (primary N) is 1. The third-order valence-electron chi connectivity index (χ3n) is 0.382. The zero-order valence-corrected chi connectivity index (χ0v) is 4.33. The monoisotopic (exact) mass is 118 g/mol. The van der Waals surface area contributed by atoms with E-state index in [1.165, 1.54) is 7.05 Å². The number of hydroxylamine groups is 2. The van der Waals surface area contributed by atoms with Gasteiger partial charge in [0.25, 0.3) is 0 Å². The number of carbonyl (C=O) groups excluding carboxylic acids is 2. The molecule has 5 nitrogen and oxygen atoms in total. The molecule has 0 aromatic carbocycles. The molecule has 0 fully saturated rings. The molecule has 0 aromatic heterocycles. The van der Waals surface area contributed by atoms with E-state index in [1.54, 1.807) is 0 Å². The molecule has 0 spiro atoms. The Bertz CT molecular complexity index is 103. The smallest absolute Gasteiger partial charge is 0.333 e. The zero-order valence-electron chi connectivity index (χ0n) is 4.33. The van der Waals surface area contributed by atoms with Crippen molar-refractivity contribution in [2.75, 3.05) is 7.05 Å². The summed E-state index contributed by atoms with van der Waals surface area (Å²) < 4.78 is 0. The lowest BCUT2D eigenvalue weighted by molar-refractivity contribution is -0.143. The fourth-order valence-corrected chi connectivity index (χ4v) is 0.163. The Morgan fingerprint density at radius 1 is 1.88 bits per heavy atom. The van der Waals surface area contributed by atoms with Crippen molar-refractivity contribution in [3.05, 3.63) is 0 Å². The molecule has 0 aliphatic rings. The summed E-state index contributed by atoms with van der Waals surface area (Å²) >= 11 is 0. The molecule has 0 saturated heterocycles. The van der Waals surface area contributed by atoms with E-state index in [0.717, 1.165) is 0 Å². The molecule has 8 heavy (non-hydrogen) atoms. The van der Waals surface area contributed by atoms with Crippen molar-refractivity contribution in [2.24, 2.45) is 5.73 Å². The van der Waals surface area contributed by atoms with Crippen LogP contribution in [0.5, 0.6) is 0 Å². The second kappa shape index (κ2) is 2.84. The van der Waals surface area contributed by atoms with Gasteiger partial charge in [-0.05, 0) is 0 Å². The quantitative estimate of drug-likeness (QED) is 0.376. The molecule has 0 heterocycles. The first kappa shape index (κ1) is 6.74. The predicted molar refractivity (Wildman–Crippen MR) is 24.5 cm³/mol. The number of hydrogen-bond acceptors (Lipinski definition) is 3. The molecule has 0 bridgehead atoms. The summed E-state index contributed by atoms with van der Waals surface area (Å²) in [6, 6.07) is 0. The Balaban J connectivity index is 3.38. The van der Waals surface area contributed by atoms with Crippen LogP contribution in [0.3, 0.4) is 0 Å². The number of nitrogens with zero attached hydrogens (tertiary/aromatic N) is 1. The van der Waals surface area contributed by atoms with Gasteiger partial charge in [0, 0.05) is 7.05 Å². The Kier molecular flexibility index (Phi) is 2.39. The Hall–Kier alpha value is -1.26. The molecule has 0 aliphatic carbocycles. The Labute approximate surface area is 46.0 Å². The van der Waals surface area contributed by atoms with E-state index in [1.807, 2.05) is 0 Å². The number of rotatable bonds is 2. The van der Waals surface area contributed by atoms with Crippen LogP contribution in [0.1, 0.15) is 0 Å². The maximum absolute atomic E-state index is 9.77. The van der Waals surface area contributed by atoms with E-state index in [-0.39, 0.29) is 0 Å². The van der Waals surface area contributed by atoms with Crippen molar-refractivity contribution in [1.82, 2.24) is 5.06 Å². The van der Waals surface area contributed by atoms with Crippen molar-refractivity contribution in [1.29, 1.82) is 0 Å². The summed E-state index contributed by atoms with van der Waals surface area (Å²) in [4.78, 5) is 23.4.